The number of ether oxygens (including phenoxy) is 1. The maximum atomic E-state index is 13.7. The van der Waals surface area contributed by atoms with Crippen LogP contribution in [0.25, 0.3) is 0 Å². The third kappa shape index (κ3) is 3.60. The molecule has 0 spiro atoms. The van der Waals surface area contributed by atoms with Gasteiger partial charge in [0.15, 0.2) is 0 Å². The van der Waals surface area contributed by atoms with Gasteiger partial charge >= 0.3 is 5.97 Å². The average Bonchev–Trinajstić information content (AvgIpc) is 3.45. The Kier molecular flexibility index (Phi) is 6.23. The number of fused-ring (bicyclic) bond motifs is 1. The Hall–Kier alpha value is -2.16. The van der Waals surface area contributed by atoms with E-state index in [9.17, 15) is 14.4 Å². The van der Waals surface area contributed by atoms with Crippen LogP contribution in [0, 0.1) is 18.8 Å². The van der Waals surface area contributed by atoms with Gasteiger partial charge in [-0.15, -0.1) is 11.3 Å². The summed E-state index contributed by atoms with van der Waals surface area (Å²) >= 11 is 3.12. The number of thioether (sulfide) groups is 1. The molecule has 4 atom stereocenters. The fraction of sp³-hybridized carbons (Fsp3) is 0.435. The van der Waals surface area contributed by atoms with Gasteiger partial charge in [-0.3, -0.25) is 19.7 Å². The quantitative estimate of drug-likeness (QED) is 0.505. The highest BCUT2D eigenvalue weighted by molar-refractivity contribution is 7.98. The van der Waals surface area contributed by atoms with Crippen molar-refractivity contribution in [3.63, 3.8) is 0 Å². The molecule has 0 saturated carbocycles. The van der Waals surface area contributed by atoms with E-state index >= 15 is 0 Å². The van der Waals surface area contributed by atoms with Crippen LogP contribution >= 0.6 is 23.1 Å². The van der Waals surface area contributed by atoms with Gasteiger partial charge in [-0.1, -0.05) is 23.8 Å². The van der Waals surface area contributed by atoms with E-state index in [0.29, 0.717) is 17.9 Å². The van der Waals surface area contributed by atoms with E-state index in [0.717, 1.165) is 10.4 Å². The summed E-state index contributed by atoms with van der Waals surface area (Å²) in [6, 6.07) is 10.8. The Balaban J connectivity index is 1.83. The third-order valence-electron chi connectivity index (χ3n) is 6.14. The van der Waals surface area contributed by atoms with Crippen molar-refractivity contribution in [3.05, 3.63) is 52.2 Å². The summed E-state index contributed by atoms with van der Waals surface area (Å²) in [5.74, 6) is -1.85. The van der Waals surface area contributed by atoms with Gasteiger partial charge in [0, 0.05) is 4.88 Å². The first-order valence-electron chi connectivity index (χ1n) is 10.4. The number of thiophene rings is 1. The summed E-state index contributed by atoms with van der Waals surface area (Å²) in [6.07, 6.45) is 2.37. The van der Waals surface area contributed by atoms with Crippen LogP contribution in [0.2, 0.25) is 0 Å². The van der Waals surface area contributed by atoms with Gasteiger partial charge < -0.3 is 4.74 Å². The predicted molar refractivity (Wildman–Crippen MR) is 123 cm³/mol. The highest BCUT2D eigenvalue weighted by Gasteiger charge is 2.68. The number of amides is 2. The number of nitrogens with one attached hydrogen (secondary N) is 1. The number of esters is 1. The normalized spacial score (nSPS) is 27.6. The van der Waals surface area contributed by atoms with Crippen LogP contribution in [0.15, 0.2) is 41.8 Å². The highest BCUT2D eigenvalue weighted by Crippen LogP contribution is 2.52. The molecule has 2 saturated heterocycles. The topological polar surface area (TPSA) is 75.7 Å². The molecule has 3 heterocycles. The number of rotatable bonds is 7. The fourth-order valence-electron chi connectivity index (χ4n) is 4.71. The van der Waals surface area contributed by atoms with Gasteiger partial charge in [0.2, 0.25) is 11.8 Å². The maximum absolute atomic E-state index is 13.7. The third-order valence-corrected chi connectivity index (χ3v) is 7.70. The van der Waals surface area contributed by atoms with Gasteiger partial charge in [-0.2, -0.15) is 11.8 Å². The first kappa shape index (κ1) is 22.0. The molecule has 31 heavy (non-hydrogen) atoms. The van der Waals surface area contributed by atoms with Crippen molar-refractivity contribution in [2.45, 2.75) is 31.8 Å². The molecule has 1 N–H and O–H groups in total. The minimum absolute atomic E-state index is 0.215. The lowest BCUT2D eigenvalue weighted by molar-refractivity contribution is -0.154. The molecule has 164 valence electrons. The monoisotopic (exact) mass is 458 g/mol. The fourth-order valence-corrected chi connectivity index (χ4v) is 6.06. The Morgan fingerprint density at radius 1 is 1.23 bits per heavy atom. The number of nitrogens with zero attached hydrogens (tertiary/aromatic N) is 1. The van der Waals surface area contributed by atoms with Crippen LogP contribution < -0.4 is 10.2 Å². The molecule has 2 fully saturated rings. The van der Waals surface area contributed by atoms with Gasteiger partial charge in [0.05, 0.1) is 30.2 Å². The molecule has 0 radical (unpaired) electrons. The number of anilines is 1. The lowest BCUT2D eigenvalue weighted by Gasteiger charge is -2.32. The van der Waals surface area contributed by atoms with Crippen molar-refractivity contribution >= 4 is 46.6 Å². The lowest BCUT2D eigenvalue weighted by Crippen LogP contribution is -2.57. The van der Waals surface area contributed by atoms with Gasteiger partial charge in [0.1, 0.15) is 5.54 Å². The molecule has 8 heteroatoms. The Labute approximate surface area is 190 Å². The minimum atomic E-state index is -1.23. The highest BCUT2D eigenvalue weighted by atomic mass is 32.2. The zero-order valence-electron chi connectivity index (χ0n) is 17.8. The van der Waals surface area contributed by atoms with E-state index in [1.54, 1.807) is 30.8 Å². The SMILES string of the molecule is CCOC(=O)[C@]1(CCSC)N[C@H](c2cccs2)[C@H]2C(=O)N(c3ccc(C)cc3)C(=O)[C@H]21. The molecular formula is C23H26N2O4S2. The molecule has 0 bridgehead atoms. The minimum Gasteiger partial charge on any atom is -0.465 e. The number of hydrogen-bond acceptors (Lipinski definition) is 7. The standard InChI is InChI=1S/C23H26N2O4S2/c1-4-29-22(28)23(11-13-30-3)18-17(19(24-23)16-6-5-12-31-16)20(26)25(21(18)27)15-9-7-14(2)8-10-15/h5-10,12,17-19,24H,4,11,13H2,1-3H3/t17-,18-,19+,23+/m0/s1. The number of aryl methyl sites for hydroxylation is 1. The van der Waals surface area contributed by atoms with Crippen molar-refractivity contribution < 1.29 is 19.1 Å². The molecule has 2 aromatic rings. The van der Waals surface area contributed by atoms with Gasteiger partial charge in [0.25, 0.3) is 0 Å². The van der Waals surface area contributed by atoms with E-state index in [-0.39, 0.29) is 18.4 Å². The maximum Gasteiger partial charge on any atom is 0.327 e. The van der Waals surface area contributed by atoms with Crippen LogP contribution in [0.1, 0.15) is 29.8 Å². The first-order valence-corrected chi connectivity index (χ1v) is 12.6. The second-order valence-electron chi connectivity index (χ2n) is 7.92. The number of benzene rings is 1. The molecule has 2 aliphatic heterocycles. The van der Waals surface area contributed by atoms with E-state index in [2.05, 4.69) is 5.32 Å². The summed E-state index contributed by atoms with van der Waals surface area (Å²) in [6.45, 7) is 3.92. The van der Waals surface area contributed by atoms with E-state index < -0.39 is 29.4 Å². The number of hydrogen-bond donors (Lipinski definition) is 1. The number of imide groups is 1. The summed E-state index contributed by atoms with van der Waals surface area (Å²) in [5, 5.41) is 5.37. The molecule has 6 nitrogen and oxygen atoms in total. The average molecular weight is 459 g/mol. The summed E-state index contributed by atoms with van der Waals surface area (Å²) in [5.41, 5.74) is 0.356. The molecule has 1 aromatic carbocycles. The molecule has 4 rings (SSSR count). The van der Waals surface area contributed by atoms with E-state index in [4.69, 9.17) is 4.74 Å². The molecular weight excluding hydrogens is 432 g/mol. The van der Waals surface area contributed by atoms with Crippen molar-refractivity contribution in [1.82, 2.24) is 5.32 Å². The van der Waals surface area contributed by atoms with Crippen molar-refractivity contribution in [2.75, 3.05) is 23.5 Å². The van der Waals surface area contributed by atoms with Gasteiger partial charge in [-0.25, -0.2) is 4.90 Å². The molecule has 2 aliphatic rings. The molecule has 2 amide bonds. The van der Waals surface area contributed by atoms with Crippen LogP contribution in [0.3, 0.4) is 0 Å². The summed E-state index contributed by atoms with van der Waals surface area (Å²) in [4.78, 5) is 42.9. The van der Waals surface area contributed by atoms with Crippen molar-refractivity contribution in [1.29, 1.82) is 0 Å². The Morgan fingerprint density at radius 3 is 2.58 bits per heavy atom. The zero-order valence-corrected chi connectivity index (χ0v) is 19.4. The molecule has 0 aliphatic carbocycles. The lowest BCUT2D eigenvalue weighted by atomic mass is 9.78. The summed E-state index contributed by atoms with van der Waals surface area (Å²) < 4.78 is 5.45. The largest absolute Gasteiger partial charge is 0.465 e. The van der Waals surface area contributed by atoms with Crippen molar-refractivity contribution in [2.24, 2.45) is 11.8 Å². The number of carbonyl (C=O) groups is 3. The van der Waals surface area contributed by atoms with Gasteiger partial charge in [-0.05, 0) is 55.9 Å². The van der Waals surface area contributed by atoms with Crippen LogP contribution in [0.4, 0.5) is 5.69 Å². The van der Waals surface area contributed by atoms with Crippen LogP contribution in [-0.4, -0.2) is 41.9 Å². The molecule has 1 aromatic heterocycles. The zero-order chi connectivity index (χ0) is 22.2. The predicted octanol–water partition coefficient (Wildman–Crippen LogP) is 3.56. The first-order chi connectivity index (χ1) is 14.9. The van der Waals surface area contributed by atoms with Crippen LogP contribution in [-0.2, 0) is 19.1 Å². The Morgan fingerprint density at radius 2 is 1.97 bits per heavy atom. The second kappa shape index (κ2) is 8.76. The number of carbonyl (C=O) groups excluding carboxylic acids is 3. The van der Waals surface area contributed by atoms with Crippen LogP contribution in [0.5, 0.6) is 0 Å². The molecule has 0 unspecified atom stereocenters. The Bertz CT molecular complexity index is 976. The second-order valence-corrected chi connectivity index (χ2v) is 9.89. The summed E-state index contributed by atoms with van der Waals surface area (Å²) in [7, 11) is 0. The van der Waals surface area contributed by atoms with E-state index in [1.807, 2.05) is 42.8 Å². The smallest absolute Gasteiger partial charge is 0.327 e. The van der Waals surface area contributed by atoms with E-state index in [1.165, 1.54) is 16.2 Å². The van der Waals surface area contributed by atoms with Crippen molar-refractivity contribution in [3.8, 4) is 0 Å².